The molecule has 0 radical (unpaired) electrons. The first-order valence-corrected chi connectivity index (χ1v) is 11.3. The van der Waals surface area contributed by atoms with Gasteiger partial charge in [0.05, 0.1) is 19.1 Å². The fourth-order valence-corrected chi connectivity index (χ4v) is 5.16. The Kier molecular flexibility index (Phi) is 6.12. The van der Waals surface area contributed by atoms with E-state index in [0.717, 1.165) is 5.56 Å². The summed E-state index contributed by atoms with van der Waals surface area (Å²) in [7, 11) is 1.10. The molecular formula is C20H31N3O5S. The molecule has 2 aliphatic heterocycles. The van der Waals surface area contributed by atoms with Gasteiger partial charge in [0.1, 0.15) is 17.1 Å². The van der Waals surface area contributed by atoms with Crippen molar-refractivity contribution in [1.29, 1.82) is 0 Å². The Balaban J connectivity index is 1.77. The first-order chi connectivity index (χ1) is 13.5. The van der Waals surface area contributed by atoms with Crippen molar-refractivity contribution in [3.05, 3.63) is 23.8 Å². The molecule has 29 heavy (non-hydrogen) atoms. The minimum absolute atomic E-state index is 0.117. The smallest absolute Gasteiger partial charge is 0.281 e. The van der Waals surface area contributed by atoms with Crippen molar-refractivity contribution in [1.82, 2.24) is 13.9 Å². The Labute approximate surface area is 173 Å². The van der Waals surface area contributed by atoms with E-state index in [1.807, 2.05) is 32.0 Å². The highest BCUT2D eigenvalue weighted by Gasteiger charge is 2.38. The summed E-state index contributed by atoms with van der Waals surface area (Å²) in [4.78, 5) is 13.0. The van der Waals surface area contributed by atoms with Crippen molar-refractivity contribution in [3.8, 4) is 11.5 Å². The molecule has 162 valence electrons. The van der Waals surface area contributed by atoms with E-state index in [0.29, 0.717) is 37.3 Å². The quantitative estimate of drug-likeness (QED) is 0.779. The van der Waals surface area contributed by atoms with Crippen LogP contribution in [0.25, 0.3) is 0 Å². The number of carbonyl (C=O) groups is 1. The number of hydrogen-bond donors (Lipinski definition) is 1. The Morgan fingerprint density at radius 2 is 2.07 bits per heavy atom. The number of fused-ring (bicyclic) bond motifs is 1. The second-order valence-electron chi connectivity index (χ2n) is 8.52. The summed E-state index contributed by atoms with van der Waals surface area (Å²) in [6.07, 6.45) is 1.97. The number of nitrogens with zero attached hydrogens (tertiary/aromatic N) is 2. The molecule has 1 amide bonds. The number of rotatable bonds is 5. The van der Waals surface area contributed by atoms with Crippen molar-refractivity contribution in [2.75, 3.05) is 34.3 Å². The van der Waals surface area contributed by atoms with Gasteiger partial charge in [-0.3, -0.25) is 4.79 Å². The molecule has 0 aliphatic carbocycles. The molecule has 0 bridgehead atoms. The van der Waals surface area contributed by atoms with Crippen molar-refractivity contribution in [2.24, 2.45) is 5.92 Å². The van der Waals surface area contributed by atoms with Crippen LogP contribution in [0, 0.1) is 5.92 Å². The summed E-state index contributed by atoms with van der Waals surface area (Å²) < 4.78 is 38.8. The van der Waals surface area contributed by atoms with Crippen molar-refractivity contribution in [3.63, 3.8) is 0 Å². The lowest BCUT2D eigenvalue weighted by atomic mass is 9.88. The molecule has 1 saturated heterocycles. The number of carbonyl (C=O) groups excluding carboxylic acids is 1. The molecule has 1 fully saturated rings. The Morgan fingerprint density at radius 1 is 1.34 bits per heavy atom. The minimum Gasteiger partial charge on any atom is -0.497 e. The lowest BCUT2D eigenvalue weighted by Gasteiger charge is -2.39. The van der Waals surface area contributed by atoms with Gasteiger partial charge in [-0.1, -0.05) is 0 Å². The summed E-state index contributed by atoms with van der Waals surface area (Å²) in [6.45, 7) is 4.62. The van der Waals surface area contributed by atoms with Crippen LogP contribution in [0.3, 0.4) is 0 Å². The number of hydrogen-bond acceptors (Lipinski definition) is 5. The van der Waals surface area contributed by atoms with Crippen molar-refractivity contribution < 1.29 is 22.7 Å². The summed E-state index contributed by atoms with van der Waals surface area (Å²) >= 11 is 0. The average molecular weight is 426 g/mol. The predicted octanol–water partition coefficient (Wildman–Crippen LogP) is 1.93. The first-order valence-electron chi connectivity index (χ1n) is 9.88. The second kappa shape index (κ2) is 8.12. The van der Waals surface area contributed by atoms with E-state index in [4.69, 9.17) is 9.47 Å². The molecule has 9 heteroatoms. The number of ether oxygens (including phenoxy) is 2. The van der Waals surface area contributed by atoms with Crippen LogP contribution in [-0.2, 0) is 15.0 Å². The highest BCUT2D eigenvalue weighted by Crippen LogP contribution is 2.41. The van der Waals surface area contributed by atoms with Crippen LogP contribution in [0.15, 0.2) is 18.2 Å². The maximum Gasteiger partial charge on any atom is 0.281 e. The average Bonchev–Trinajstić information content (AvgIpc) is 2.66. The zero-order valence-electron chi connectivity index (χ0n) is 17.8. The van der Waals surface area contributed by atoms with E-state index in [9.17, 15) is 13.2 Å². The van der Waals surface area contributed by atoms with Gasteiger partial charge < -0.3 is 14.8 Å². The van der Waals surface area contributed by atoms with Crippen LogP contribution in [0.4, 0.5) is 0 Å². The second-order valence-corrected chi connectivity index (χ2v) is 10.7. The molecule has 3 rings (SSSR count). The summed E-state index contributed by atoms with van der Waals surface area (Å²) in [6, 6.07) is 5.40. The molecule has 8 nitrogen and oxygen atoms in total. The van der Waals surface area contributed by atoms with E-state index in [2.05, 4.69) is 5.32 Å². The third-order valence-corrected chi connectivity index (χ3v) is 7.44. The third kappa shape index (κ3) is 4.67. The maximum absolute atomic E-state index is 13.0. The van der Waals surface area contributed by atoms with Gasteiger partial charge in [0.25, 0.3) is 10.2 Å². The largest absolute Gasteiger partial charge is 0.497 e. The van der Waals surface area contributed by atoms with Crippen LogP contribution in [0.5, 0.6) is 11.5 Å². The van der Waals surface area contributed by atoms with Gasteiger partial charge in [0.15, 0.2) is 0 Å². The number of benzene rings is 1. The Hall–Kier alpha value is -1.84. The number of piperidine rings is 1. The standard InChI is InChI=1S/C20H31N3O5S/c1-20(2)12-17(16-9-8-15(27-5)11-18(16)28-20)21-19(24)14-7-6-10-23(13-14)29(25,26)22(3)4/h8-9,11,14,17H,6-7,10,12-13H2,1-5H3,(H,21,24)/t14-,17-/m1/s1. The Bertz CT molecular complexity index is 869. The van der Waals surface area contributed by atoms with E-state index >= 15 is 0 Å². The highest BCUT2D eigenvalue weighted by atomic mass is 32.2. The van der Waals surface area contributed by atoms with Crippen LogP contribution in [-0.4, -0.2) is 62.8 Å². The summed E-state index contributed by atoms with van der Waals surface area (Å²) in [5.74, 6) is 0.911. The number of amides is 1. The molecule has 1 N–H and O–H groups in total. The Morgan fingerprint density at radius 3 is 2.72 bits per heavy atom. The molecule has 0 unspecified atom stereocenters. The molecule has 1 aromatic rings. The molecule has 2 heterocycles. The van der Waals surface area contributed by atoms with Crippen LogP contribution < -0.4 is 14.8 Å². The lowest BCUT2D eigenvalue weighted by molar-refractivity contribution is -0.127. The fraction of sp³-hybridized carbons (Fsp3) is 0.650. The maximum atomic E-state index is 13.0. The number of methoxy groups -OCH3 is 1. The lowest BCUT2D eigenvalue weighted by Crippen LogP contribution is -2.50. The van der Waals surface area contributed by atoms with E-state index < -0.39 is 15.8 Å². The van der Waals surface area contributed by atoms with Gasteiger partial charge in [0, 0.05) is 45.2 Å². The zero-order chi connectivity index (χ0) is 21.4. The van der Waals surface area contributed by atoms with Gasteiger partial charge in [-0.05, 0) is 38.8 Å². The molecule has 2 atom stereocenters. The zero-order valence-corrected chi connectivity index (χ0v) is 18.6. The van der Waals surface area contributed by atoms with E-state index in [1.165, 1.54) is 22.7 Å². The normalized spacial score (nSPS) is 24.5. The fourth-order valence-electron chi connectivity index (χ4n) is 3.97. The monoisotopic (exact) mass is 425 g/mol. The summed E-state index contributed by atoms with van der Waals surface area (Å²) in [5, 5.41) is 3.14. The van der Waals surface area contributed by atoms with Crippen LogP contribution in [0.2, 0.25) is 0 Å². The minimum atomic E-state index is -3.52. The van der Waals surface area contributed by atoms with Crippen LogP contribution in [0.1, 0.15) is 44.7 Å². The van der Waals surface area contributed by atoms with Gasteiger partial charge in [-0.15, -0.1) is 0 Å². The molecular weight excluding hydrogens is 394 g/mol. The van der Waals surface area contributed by atoms with Gasteiger partial charge in [0.2, 0.25) is 5.91 Å². The summed E-state index contributed by atoms with van der Waals surface area (Å²) in [5.41, 5.74) is 0.469. The molecule has 0 aromatic heterocycles. The van der Waals surface area contributed by atoms with E-state index in [1.54, 1.807) is 7.11 Å². The van der Waals surface area contributed by atoms with Gasteiger partial charge in [-0.2, -0.15) is 17.0 Å². The first kappa shape index (κ1) is 21.9. The van der Waals surface area contributed by atoms with Crippen LogP contribution >= 0.6 is 0 Å². The number of nitrogens with one attached hydrogen (secondary N) is 1. The van der Waals surface area contributed by atoms with Crippen molar-refractivity contribution >= 4 is 16.1 Å². The van der Waals surface area contributed by atoms with Gasteiger partial charge >= 0.3 is 0 Å². The molecule has 0 saturated carbocycles. The van der Waals surface area contributed by atoms with Crippen molar-refractivity contribution in [2.45, 2.75) is 44.8 Å². The predicted molar refractivity (Wildman–Crippen MR) is 110 cm³/mol. The molecule has 2 aliphatic rings. The third-order valence-electron chi connectivity index (χ3n) is 5.54. The SMILES string of the molecule is COc1ccc2c(c1)OC(C)(C)C[C@H]2NC(=O)[C@@H]1CCCN(S(=O)(=O)N(C)C)C1. The topological polar surface area (TPSA) is 88.2 Å². The van der Waals surface area contributed by atoms with Gasteiger partial charge in [-0.25, -0.2) is 0 Å². The molecule has 1 aromatic carbocycles. The molecule has 0 spiro atoms. The van der Waals surface area contributed by atoms with E-state index in [-0.39, 0.29) is 24.4 Å². The highest BCUT2D eigenvalue weighted by molar-refractivity contribution is 7.86.